The predicted molar refractivity (Wildman–Crippen MR) is 65.8 cm³/mol. The first kappa shape index (κ1) is 11.7. The Balaban J connectivity index is 2.46. The fourth-order valence-corrected chi connectivity index (χ4v) is 2.05. The summed E-state index contributed by atoms with van der Waals surface area (Å²) in [5.41, 5.74) is 1.40. The van der Waals surface area contributed by atoms with E-state index in [1.54, 1.807) is 0 Å². The molecular formula is C12H18BrN. The summed E-state index contributed by atoms with van der Waals surface area (Å²) in [6.45, 7) is 5.61. The molecule has 1 rings (SSSR count). The molecule has 14 heavy (non-hydrogen) atoms. The van der Waals surface area contributed by atoms with Crippen molar-refractivity contribution in [3.8, 4) is 0 Å². The Hall–Kier alpha value is -0.340. The van der Waals surface area contributed by atoms with E-state index in [9.17, 15) is 0 Å². The molecule has 0 amide bonds. The van der Waals surface area contributed by atoms with Crippen LogP contribution < -0.4 is 0 Å². The highest BCUT2D eigenvalue weighted by atomic mass is 79.9. The van der Waals surface area contributed by atoms with Gasteiger partial charge in [0.15, 0.2) is 0 Å². The third-order valence-corrected chi connectivity index (χ3v) is 2.54. The molecule has 0 unspecified atom stereocenters. The van der Waals surface area contributed by atoms with Gasteiger partial charge in [-0.3, -0.25) is 4.90 Å². The Kier molecular flexibility index (Phi) is 5.88. The van der Waals surface area contributed by atoms with Crippen molar-refractivity contribution in [3.05, 3.63) is 35.9 Å². The molecule has 0 radical (unpaired) electrons. The molecule has 0 aromatic heterocycles. The molecule has 1 aromatic rings. The second kappa shape index (κ2) is 7.02. The van der Waals surface area contributed by atoms with E-state index < -0.39 is 0 Å². The summed E-state index contributed by atoms with van der Waals surface area (Å²) in [5.74, 6) is 0. The molecule has 0 aliphatic rings. The summed E-state index contributed by atoms with van der Waals surface area (Å²) in [7, 11) is 0. The molecule has 0 bridgehead atoms. The van der Waals surface area contributed by atoms with E-state index >= 15 is 0 Å². The zero-order valence-corrected chi connectivity index (χ0v) is 10.3. The van der Waals surface area contributed by atoms with Crippen LogP contribution in [0.3, 0.4) is 0 Å². The van der Waals surface area contributed by atoms with Gasteiger partial charge in [-0.1, -0.05) is 53.2 Å². The van der Waals surface area contributed by atoms with E-state index in [1.807, 2.05) is 0 Å². The lowest BCUT2D eigenvalue weighted by molar-refractivity contribution is 0.284. The van der Waals surface area contributed by atoms with Crippen LogP contribution in [0.1, 0.15) is 18.9 Å². The Morgan fingerprint density at radius 3 is 2.43 bits per heavy atom. The SMILES string of the molecule is CCCN(CCBr)Cc1ccccc1. The van der Waals surface area contributed by atoms with Crippen LogP contribution >= 0.6 is 15.9 Å². The van der Waals surface area contributed by atoms with Gasteiger partial charge in [-0.05, 0) is 18.5 Å². The van der Waals surface area contributed by atoms with Gasteiger partial charge < -0.3 is 0 Å². The Morgan fingerprint density at radius 1 is 1.14 bits per heavy atom. The highest BCUT2D eigenvalue weighted by Gasteiger charge is 2.02. The number of benzene rings is 1. The standard InChI is InChI=1S/C12H18BrN/c1-2-9-14(10-8-13)11-12-6-4-3-5-7-12/h3-7H,2,8-11H2,1H3. The van der Waals surface area contributed by atoms with E-state index in [-0.39, 0.29) is 0 Å². The van der Waals surface area contributed by atoms with E-state index in [4.69, 9.17) is 0 Å². The largest absolute Gasteiger partial charge is 0.298 e. The summed E-state index contributed by atoms with van der Waals surface area (Å²) in [5, 5.41) is 1.06. The monoisotopic (exact) mass is 255 g/mol. The lowest BCUT2D eigenvalue weighted by Gasteiger charge is -2.20. The molecule has 0 N–H and O–H groups in total. The number of halogens is 1. The van der Waals surface area contributed by atoms with Gasteiger partial charge in [-0.15, -0.1) is 0 Å². The summed E-state index contributed by atoms with van der Waals surface area (Å²) in [6, 6.07) is 10.7. The van der Waals surface area contributed by atoms with Gasteiger partial charge in [0, 0.05) is 18.4 Å². The van der Waals surface area contributed by atoms with Gasteiger partial charge in [0.2, 0.25) is 0 Å². The highest BCUT2D eigenvalue weighted by Crippen LogP contribution is 2.05. The van der Waals surface area contributed by atoms with Crippen molar-refractivity contribution in [1.29, 1.82) is 0 Å². The van der Waals surface area contributed by atoms with Crippen molar-refractivity contribution in [3.63, 3.8) is 0 Å². The van der Waals surface area contributed by atoms with Gasteiger partial charge in [0.1, 0.15) is 0 Å². The smallest absolute Gasteiger partial charge is 0.0234 e. The topological polar surface area (TPSA) is 3.24 Å². The summed E-state index contributed by atoms with van der Waals surface area (Å²) in [6.07, 6.45) is 1.22. The van der Waals surface area contributed by atoms with Crippen molar-refractivity contribution in [2.45, 2.75) is 19.9 Å². The second-order valence-corrected chi connectivity index (χ2v) is 4.24. The van der Waals surface area contributed by atoms with Crippen molar-refractivity contribution in [2.24, 2.45) is 0 Å². The lowest BCUT2D eigenvalue weighted by Crippen LogP contribution is -2.25. The number of nitrogens with zero attached hydrogens (tertiary/aromatic N) is 1. The van der Waals surface area contributed by atoms with Gasteiger partial charge in [0.25, 0.3) is 0 Å². The average molecular weight is 256 g/mol. The quantitative estimate of drug-likeness (QED) is 0.706. The predicted octanol–water partition coefficient (Wildman–Crippen LogP) is 3.29. The fourth-order valence-electron chi connectivity index (χ4n) is 1.55. The minimum Gasteiger partial charge on any atom is -0.298 e. The minimum atomic E-state index is 1.06. The molecule has 0 spiro atoms. The van der Waals surface area contributed by atoms with Gasteiger partial charge in [0.05, 0.1) is 0 Å². The molecule has 1 aromatic carbocycles. The number of rotatable bonds is 6. The first-order valence-electron chi connectivity index (χ1n) is 5.19. The molecule has 78 valence electrons. The van der Waals surface area contributed by atoms with E-state index in [2.05, 4.69) is 58.1 Å². The zero-order valence-electron chi connectivity index (χ0n) is 8.75. The van der Waals surface area contributed by atoms with Crippen molar-refractivity contribution in [2.75, 3.05) is 18.4 Å². The fraction of sp³-hybridized carbons (Fsp3) is 0.500. The molecule has 0 heterocycles. The minimum absolute atomic E-state index is 1.06. The molecule has 0 saturated carbocycles. The normalized spacial score (nSPS) is 10.8. The molecule has 0 aliphatic carbocycles. The van der Waals surface area contributed by atoms with Crippen molar-refractivity contribution < 1.29 is 0 Å². The molecule has 0 atom stereocenters. The maximum absolute atomic E-state index is 3.49. The number of hydrogen-bond acceptors (Lipinski definition) is 1. The third-order valence-electron chi connectivity index (χ3n) is 2.19. The zero-order chi connectivity index (χ0) is 10.2. The molecule has 1 nitrogen and oxygen atoms in total. The van der Waals surface area contributed by atoms with Crippen LogP contribution in [0.25, 0.3) is 0 Å². The van der Waals surface area contributed by atoms with E-state index in [0.717, 1.165) is 18.4 Å². The lowest BCUT2D eigenvalue weighted by atomic mass is 10.2. The number of alkyl halides is 1. The van der Waals surface area contributed by atoms with Crippen LogP contribution in [0.2, 0.25) is 0 Å². The molecule has 0 saturated heterocycles. The number of hydrogen-bond donors (Lipinski definition) is 0. The van der Waals surface area contributed by atoms with Crippen LogP contribution in [0, 0.1) is 0 Å². The molecule has 0 aliphatic heterocycles. The Bertz CT molecular complexity index is 229. The molecular weight excluding hydrogens is 238 g/mol. The second-order valence-electron chi connectivity index (χ2n) is 3.45. The van der Waals surface area contributed by atoms with Gasteiger partial charge >= 0.3 is 0 Å². The van der Waals surface area contributed by atoms with Crippen LogP contribution in [-0.4, -0.2) is 23.3 Å². The van der Waals surface area contributed by atoms with E-state index in [1.165, 1.54) is 18.5 Å². The van der Waals surface area contributed by atoms with Gasteiger partial charge in [-0.2, -0.15) is 0 Å². The van der Waals surface area contributed by atoms with Crippen molar-refractivity contribution in [1.82, 2.24) is 4.90 Å². The van der Waals surface area contributed by atoms with E-state index in [0.29, 0.717) is 0 Å². The first-order chi connectivity index (χ1) is 6.86. The van der Waals surface area contributed by atoms with Gasteiger partial charge in [-0.25, -0.2) is 0 Å². The Labute approximate surface area is 95.2 Å². The average Bonchev–Trinajstić information content (AvgIpc) is 2.20. The van der Waals surface area contributed by atoms with Crippen molar-refractivity contribution >= 4 is 15.9 Å². The summed E-state index contributed by atoms with van der Waals surface area (Å²) < 4.78 is 0. The summed E-state index contributed by atoms with van der Waals surface area (Å²) in [4.78, 5) is 2.48. The first-order valence-corrected chi connectivity index (χ1v) is 6.31. The maximum Gasteiger partial charge on any atom is 0.0234 e. The van der Waals surface area contributed by atoms with Crippen LogP contribution in [-0.2, 0) is 6.54 Å². The van der Waals surface area contributed by atoms with Crippen LogP contribution in [0.5, 0.6) is 0 Å². The highest BCUT2D eigenvalue weighted by molar-refractivity contribution is 9.09. The third kappa shape index (κ3) is 4.25. The maximum atomic E-state index is 3.49. The molecule has 0 fully saturated rings. The summed E-state index contributed by atoms with van der Waals surface area (Å²) >= 11 is 3.49. The van der Waals surface area contributed by atoms with Crippen LogP contribution in [0.4, 0.5) is 0 Å². The van der Waals surface area contributed by atoms with Crippen LogP contribution in [0.15, 0.2) is 30.3 Å². The Morgan fingerprint density at radius 2 is 1.86 bits per heavy atom. The molecule has 2 heteroatoms.